The van der Waals surface area contributed by atoms with E-state index in [2.05, 4.69) is 35.1 Å². The van der Waals surface area contributed by atoms with Gasteiger partial charge in [0.25, 0.3) is 5.91 Å². The third kappa shape index (κ3) is 7.70. The molecule has 192 valence electrons. The fraction of sp³-hybridized carbons (Fsp3) is 0.267. The Balaban J connectivity index is 1.85. The third-order valence-electron chi connectivity index (χ3n) is 6.43. The van der Waals surface area contributed by atoms with Crippen LogP contribution in [0.15, 0.2) is 77.3 Å². The first-order valence-corrected chi connectivity index (χ1v) is 13.0. The Morgan fingerprint density at radius 1 is 0.865 bits per heavy atom. The highest BCUT2D eigenvalue weighted by Crippen LogP contribution is 2.28. The van der Waals surface area contributed by atoms with Crippen molar-refractivity contribution in [3.05, 3.63) is 105 Å². The molecule has 0 aliphatic rings. The fourth-order valence-corrected chi connectivity index (χ4v) is 4.39. The van der Waals surface area contributed by atoms with Crippen LogP contribution in [-0.2, 0) is 4.79 Å². The summed E-state index contributed by atoms with van der Waals surface area (Å²) < 4.78 is 0.762. The van der Waals surface area contributed by atoms with Gasteiger partial charge >= 0.3 is 5.97 Å². The molecule has 3 aromatic carbocycles. The highest BCUT2D eigenvalue weighted by molar-refractivity contribution is 9.10. The predicted molar refractivity (Wildman–Crippen MR) is 146 cm³/mol. The van der Waals surface area contributed by atoms with Crippen molar-refractivity contribution in [1.82, 2.24) is 5.32 Å². The van der Waals surface area contributed by atoms with Crippen LogP contribution in [0.1, 0.15) is 87.1 Å². The zero-order valence-electron chi connectivity index (χ0n) is 20.9. The molecule has 0 aliphatic heterocycles. The lowest BCUT2D eigenvalue weighted by molar-refractivity contribution is -0.136. The molecule has 3 aromatic rings. The molecule has 7 heteroatoms. The van der Waals surface area contributed by atoms with Crippen LogP contribution in [0.25, 0.3) is 0 Å². The third-order valence-corrected chi connectivity index (χ3v) is 6.92. The molecule has 2 N–H and O–H groups in total. The maximum absolute atomic E-state index is 13.6. The number of carbonyl (C=O) groups excluding carboxylic acids is 3. The van der Waals surface area contributed by atoms with Crippen LogP contribution < -0.4 is 5.32 Å². The minimum atomic E-state index is -0.997. The predicted octanol–water partition coefficient (Wildman–Crippen LogP) is 6.41. The lowest BCUT2D eigenvalue weighted by Crippen LogP contribution is -2.26. The minimum Gasteiger partial charge on any atom is -0.481 e. The van der Waals surface area contributed by atoms with Gasteiger partial charge in [-0.15, -0.1) is 0 Å². The zero-order chi connectivity index (χ0) is 26.9. The number of hydrogen-bond donors (Lipinski definition) is 2. The number of carboxylic acids is 1. The van der Waals surface area contributed by atoms with E-state index in [4.69, 9.17) is 5.11 Å². The summed E-state index contributed by atoms with van der Waals surface area (Å²) >= 11 is 3.40. The number of hydrogen-bond acceptors (Lipinski definition) is 4. The molecular formula is C30H30BrNO5. The van der Waals surface area contributed by atoms with Crippen LogP contribution in [-0.4, -0.2) is 35.1 Å². The number of carboxylic acid groups (broad SMARTS) is 1. The van der Waals surface area contributed by atoms with E-state index in [-0.39, 0.29) is 31.0 Å². The summed E-state index contributed by atoms with van der Waals surface area (Å²) in [6.45, 7) is 4.27. The Morgan fingerprint density at radius 2 is 1.49 bits per heavy atom. The molecule has 0 heterocycles. The van der Waals surface area contributed by atoms with E-state index in [0.29, 0.717) is 28.2 Å². The monoisotopic (exact) mass is 563 g/mol. The average Bonchev–Trinajstić information content (AvgIpc) is 2.90. The number of ketones is 2. The van der Waals surface area contributed by atoms with E-state index in [1.54, 1.807) is 42.5 Å². The SMILES string of the molecule is CCC(C)c1ccc(C(=O)CC(C(=O)c2cccc(Br)c2)c2ccc(C(=O)NCCC(=O)O)cc2)cc1. The molecule has 0 fully saturated rings. The quantitative estimate of drug-likeness (QED) is 0.248. The van der Waals surface area contributed by atoms with Crippen LogP contribution in [0.5, 0.6) is 0 Å². The van der Waals surface area contributed by atoms with Gasteiger partial charge in [0.2, 0.25) is 0 Å². The molecule has 3 rings (SSSR count). The second kappa shape index (κ2) is 13.1. The van der Waals surface area contributed by atoms with E-state index in [0.717, 1.165) is 16.5 Å². The number of amides is 1. The number of aliphatic carboxylic acids is 1. The van der Waals surface area contributed by atoms with E-state index in [1.807, 2.05) is 30.3 Å². The minimum absolute atomic E-state index is 0.0157. The maximum atomic E-state index is 13.6. The summed E-state index contributed by atoms with van der Waals surface area (Å²) in [4.78, 5) is 49.8. The number of benzene rings is 3. The van der Waals surface area contributed by atoms with Crippen LogP contribution in [0, 0.1) is 0 Å². The number of halogens is 1. The Bertz CT molecular complexity index is 1270. The smallest absolute Gasteiger partial charge is 0.305 e. The molecule has 0 saturated heterocycles. The highest BCUT2D eigenvalue weighted by atomic mass is 79.9. The molecule has 6 nitrogen and oxygen atoms in total. The van der Waals surface area contributed by atoms with Gasteiger partial charge in [-0.05, 0) is 47.7 Å². The molecule has 37 heavy (non-hydrogen) atoms. The van der Waals surface area contributed by atoms with Crippen molar-refractivity contribution in [2.24, 2.45) is 0 Å². The normalized spacial score (nSPS) is 12.4. The van der Waals surface area contributed by atoms with E-state index in [1.165, 1.54) is 0 Å². The second-order valence-electron chi connectivity index (χ2n) is 9.01. The average molecular weight is 564 g/mol. The van der Waals surface area contributed by atoms with Gasteiger partial charge in [0.15, 0.2) is 11.6 Å². The Kier molecular flexibility index (Phi) is 9.92. The first-order chi connectivity index (χ1) is 17.7. The number of nitrogens with one attached hydrogen (secondary N) is 1. The van der Waals surface area contributed by atoms with Gasteiger partial charge in [-0.25, -0.2) is 0 Å². The van der Waals surface area contributed by atoms with Crippen molar-refractivity contribution < 1.29 is 24.3 Å². The van der Waals surface area contributed by atoms with Gasteiger partial charge in [-0.2, -0.15) is 0 Å². The van der Waals surface area contributed by atoms with Gasteiger partial charge in [0.1, 0.15) is 0 Å². The largest absolute Gasteiger partial charge is 0.481 e. The Hall–Kier alpha value is -3.58. The van der Waals surface area contributed by atoms with Gasteiger partial charge < -0.3 is 10.4 Å². The van der Waals surface area contributed by atoms with Crippen LogP contribution >= 0.6 is 15.9 Å². The van der Waals surface area contributed by atoms with Crippen molar-refractivity contribution in [3.63, 3.8) is 0 Å². The van der Waals surface area contributed by atoms with E-state index >= 15 is 0 Å². The van der Waals surface area contributed by atoms with Crippen molar-refractivity contribution in [2.75, 3.05) is 6.54 Å². The molecule has 0 bridgehead atoms. The number of Topliss-reactive ketones (excluding diaryl/α,β-unsaturated/α-hetero) is 2. The maximum Gasteiger partial charge on any atom is 0.305 e. The molecule has 0 saturated carbocycles. The van der Waals surface area contributed by atoms with Crippen molar-refractivity contribution in [2.45, 2.75) is 44.9 Å². The molecule has 0 spiro atoms. The van der Waals surface area contributed by atoms with Crippen LogP contribution in [0.3, 0.4) is 0 Å². The number of carbonyl (C=O) groups is 4. The first-order valence-electron chi connectivity index (χ1n) is 12.2. The Morgan fingerprint density at radius 3 is 2.08 bits per heavy atom. The van der Waals surface area contributed by atoms with E-state index < -0.39 is 17.8 Å². The zero-order valence-corrected chi connectivity index (χ0v) is 22.5. The molecule has 0 radical (unpaired) electrons. The fourth-order valence-electron chi connectivity index (χ4n) is 3.99. The van der Waals surface area contributed by atoms with Gasteiger partial charge in [-0.1, -0.05) is 78.3 Å². The highest BCUT2D eigenvalue weighted by Gasteiger charge is 2.26. The molecule has 0 aromatic heterocycles. The van der Waals surface area contributed by atoms with E-state index in [9.17, 15) is 19.2 Å². The molecule has 2 unspecified atom stereocenters. The summed E-state index contributed by atoms with van der Waals surface area (Å²) in [5.41, 5.74) is 3.16. The first kappa shape index (κ1) is 28.0. The summed E-state index contributed by atoms with van der Waals surface area (Å²) in [7, 11) is 0. The van der Waals surface area contributed by atoms with Crippen LogP contribution in [0.4, 0.5) is 0 Å². The van der Waals surface area contributed by atoms with Gasteiger partial charge in [0, 0.05) is 34.1 Å². The van der Waals surface area contributed by atoms with Crippen molar-refractivity contribution in [3.8, 4) is 0 Å². The Labute approximate surface area is 225 Å². The molecule has 2 atom stereocenters. The molecule has 0 aliphatic carbocycles. The topological polar surface area (TPSA) is 101 Å². The second-order valence-corrected chi connectivity index (χ2v) is 9.92. The summed E-state index contributed by atoms with van der Waals surface area (Å²) in [5, 5.41) is 11.3. The van der Waals surface area contributed by atoms with Crippen molar-refractivity contribution in [1.29, 1.82) is 0 Å². The lowest BCUT2D eigenvalue weighted by Gasteiger charge is -2.17. The van der Waals surface area contributed by atoms with Crippen molar-refractivity contribution >= 4 is 39.4 Å². The summed E-state index contributed by atoms with van der Waals surface area (Å²) in [6.07, 6.45) is 0.815. The standard InChI is InChI=1S/C30H30BrNO5/c1-3-19(2)20-7-11-22(12-8-20)27(33)18-26(29(36)24-5-4-6-25(31)17-24)21-9-13-23(14-10-21)30(37)32-16-15-28(34)35/h4-14,17,19,26H,3,15-16,18H2,1-2H3,(H,32,37)(H,34,35). The van der Waals surface area contributed by atoms with Crippen LogP contribution in [0.2, 0.25) is 0 Å². The van der Waals surface area contributed by atoms with Gasteiger partial charge in [-0.3, -0.25) is 19.2 Å². The summed E-state index contributed by atoms with van der Waals surface area (Å²) in [5.74, 6) is -2.07. The summed E-state index contributed by atoms with van der Waals surface area (Å²) in [6, 6.07) is 21.1. The van der Waals surface area contributed by atoms with Gasteiger partial charge in [0.05, 0.1) is 12.3 Å². The molecule has 1 amide bonds. The lowest BCUT2D eigenvalue weighted by atomic mass is 9.85. The molecular weight excluding hydrogens is 534 g/mol. The number of rotatable bonds is 12.